The van der Waals surface area contributed by atoms with Gasteiger partial charge in [-0.2, -0.15) is 0 Å². The molecule has 1 fully saturated rings. The molecule has 0 bridgehead atoms. The lowest BCUT2D eigenvalue weighted by atomic mass is 10.0. The molecule has 1 aromatic carbocycles. The third-order valence-electron chi connectivity index (χ3n) is 3.71. The van der Waals surface area contributed by atoms with E-state index < -0.39 is 0 Å². The molecule has 0 unspecified atom stereocenters. The minimum absolute atomic E-state index is 0.0201. The zero-order chi connectivity index (χ0) is 15.5. The molecule has 2 rings (SSSR count). The molecule has 6 nitrogen and oxygen atoms in total. The van der Waals surface area contributed by atoms with Crippen molar-refractivity contribution in [3.05, 3.63) is 12.1 Å². The number of amidine groups is 1. The zero-order valence-corrected chi connectivity index (χ0v) is 12.7. The molecule has 21 heavy (non-hydrogen) atoms. The van der Waals surface area contributed by atoms with Crippen LogP contribution < -0.4 is 24.7 Å². The lowest BCUT2D eigenvalue weighted by Gasteiger charge is -2.18. The van der Waals surface area contributed by atoms with Gasteiger partial charge in [0, 0.05) is 24.0 Å². The fraction of sp³-hybridized carbons (Fsp3) is 0.533. The summed E-state index contributed by atoms with van der Waals surface area (Å²) < 4.78 is 21.7. The summed E-state index contributed by atoms with van der Waals surface area (Å²) >= 11 is 0. The van der Waals surface area contributed by atoms with Gasteiger partial charge in [-0.05, 0) is 12.8 Å². The van der Waals surface area contributed by atoms with Crippen molar-refractivity contribution in [3.63, 3.8) is 0 Å². The van der Waals surface area contributed by atoms with Gasteiger partial charge in [-0.3, -0.25) is 5.41 Å². The predicted octanol–water partition coefficient (Wildman–Crippen LogP) is 2.20. The molecule has 0 saturated heterocycles. The second kappa shape index (κ2) is 6.11. The first-order chi connectivity index (χ1) is 10.0. The number of nitrogens with two attached hydrogens (primary N) is 1. The van der Waals surface area contributed by atoms with Crippen LogP contribution in [0.2, 0.25) is 0 Å². The van der Waals surface area contributed by atoms with Crippen molar-refractivity contribution in [2.45, 2.75) is 19.3 Å². The Hall–Kier alpha value is -2.11. The van der Waals surface area contributed by atoms with E-state index >= 15 is 0 Å². The molecule has 1 aromatic rings. The average molecular weight is 294 g/mol. The van der Waals surface area contributed by atoms with Crippen LogP contribution in [0.25, 0.3) is 0 Å². The Morgan fingerprint density at radius 1 is 1.14 bits per heavy atom. The smallest absolute Gasteiger partial charge is 0.203 e. The maximum Gasteiger partial charge on any atom is 0.203 e. The summed E-state index contributed by atoms with van der Waals surface area (Å²) in [6.07, 6.45) is 2.66. The van der Waals surface area contributed by atoms with Gasteiger partial charge in [-0.15, -0.1) is 0 Å². The number of hydrogen-bond acceptors (Lipinski definition) is 5. The van der Waals surface area contributed by atoms with E-state index in [-0.39, 0.29) is 11.3 Å². The molecule has 1 aliphatic carbocycles. The van der Waals surface area contributed by atoms with Gasteiger partial charge in [0.2, 0.25) is 5.75 Å². The van der Waals surface area contributed by atoms with Gasteiger partial charge < -0.3 is 24.7 Å². The van der Waals surface area contributed by atoms with E-state index in [2.05, 4.69) is 0 Å². The van der Waals surface area contributed by atoms with Crippen LogP contribution in [0.15, 0.2) is 12.1 Å². The lowest BCUT2D eigenvalue weighted by Crippen LogP contribution is -2.21. The first-order valence-corrected chi connectivity index (χ1v) is 6.79. The molecule has 3 N–H and O–H groups in total. The maximum absolute atomic E-state index is 7.42. The Labute approximate surface area is 124 Å². The molecular formula is C15H22N2O4. The standard InChI is InChI=1S/C15H22N2O4/c1-18-11-6-10(7-12(19-2)14(11)20-3)21-9-15(4-5-15)8-13(16)17/h6-7H,4-5,8-9H2,1-3H3,(H3,16,17). The fourth-order valence-electron chi connectivity index (χ4n) is 2.33. The van der Waals surface area contributed by atoms with Crippen LogP contribution in [-0.4, -0.2) is 33.8 Å². The Balaban J connectivity index is 2.12. The number of rotatable bonds is 8. The molecular weight excluding hydrogens is 272 g/mol. The van der Waals surface area contributed by atoms with Crippen LogP contribution in [0.5, 0.6) is 23.0 Å². The number of methoxy groups -OCH3 is 3. The van der Waals surface area contributed by atoms with E-state index in [1.807, 2.05) is 0 Å². The van der Waals surface area contributed by atoms with Crippen molar-refractivity contribution in [3.8, 4) is 23.0 Å². The van der Waals surface area contributed by atoms with Crippen molar-refractivity contribution >= 4 is 5.84 Å². The normalized spacial score (nSPS) is 15.2. The highest BCUT2D eigenvalue weighted by Crippen LogP contribution is 2.49. The third-order valence-corrected chi connectivity index (χ3v) is 3.71. The van der Waals surface area contributed by atoms with Crippen LogP contribution in [-0.2, 0) is 0 Å². The monoisotopic (exact) mass is 294 g/mol. The van der Waals surface area contributed by atoms with E-state index in [0.29, 0.717) is 36.0 Å². The molecule has 0 radical (unpaired) electrons. The largest absolute Gasteiger partial charge is 0.493 e. The van der Waals surface area contributed by atoms with E-state index in [0.717, 1.165) is 12.8 Å². The van der Waals surface area contributed by atoms with Gasteiger partial charge in [0.1, 0.15) is 5.75 Å². The van der Waals surface area contributed by atoms with E-state index in [4.69, 9.17) is 30.1 Å². The molecule has 116 valence electrons. The highest BCUT2D eigenvalue weighted by molar-refractivity contribution is 5.78. The predicted molar refractivity (Wildman–Crippen MR) is 79.8 cm³/mol. The van der Waals surface area contributed by atoms with Gasteiger partial charge in [-0.25, -0.2) is 0 Å². The summed E-state index contributed by atoms with van der Waals surface area (Å²) in [6, 6.07) is 3.54. The molecule has 0 amide bonds. The number of nitrogens with one attached hydrogen (secondary N) is 1. The zero-order valence-electron chi connectivity index (χ0n) is 12.7. The number of ether oxygens (including phenoxy) is 4. The third kappa shape index (κ3) is 3.51. The molecule has 0 heterocycles. The fourth-order valence-corrected chi connectivity index (χ4v) is 2.33. The van der Waals surface area contributed by atoms with E-state index in [9.17, 15) is 0 Å². The van der Waals surface area contributed by atoms with Gasteiger partial charge in [0.25, 0.3) is 0 Å². The van der Waals surface area contributed by atoms with Crippen molar-refractivity contribution in [1.82, 2.24) is 0 Å². The van der Waals surface area contributed by atoms with Crippen LogP contribution in [0.3, 0.4) is 0 Å². The average Bonchev–Trinajstić information content (AvgIpc) is 3.22. The summed E-state index contributed by atoms with van der Waals surface area (Å²) in [4.78, 5) is 0. The summed E-state index contributed by atoms with van der Waals surface area (Å²) in [5.74, 6) is 2.52. The van der Waals surface area contributed by atoms with E-state index in [1.165, 1.54) is 0 Å². The Morgan fingerprint density at radius 2 is 1.71 bits per heavy atom. The Kier molecular flexibility index (Phi) is 4.45. The summed E-state index contributed by atoms with van der Waals surface area (Å²) in [6.45, 7) is 0.533. The molecule has 0 aromatic heterocycles. The van der Waals surface area contributed by atoms with Gasteiger partial charge in [0.05, 0.1) is 33.8 Å². The second-order valence-corrected chi connectivity index (χ2v) is 5.35. The van der Waals surface area contributed by atoms with Crippen molar-refractivity contribution in [2.75, 3.05) is 27.9 Å². The summed E-state index contributed by atoms with van der Waals surface area (Å²) in [5.41, 5.74) is 5.51. The molecule has 0 aliphatic heterocycles. The SMILES string of the molecule is COc1cc(OCC2(CC(=N)N)CC2)cc(OC)c1OC. The maximum atomic E-state index is 7.42. The number of hydrogen-bond donors (Lipinski definition) is 2. The van der Waals surface area contributed by atoms with Gasteiger partial charge in [0.15, 0.2) is 11.5 Å². The topological polar surface area (TPSA) is 86.8 Å². The van der Waals surface area contributed by atoms with Crippen LogP contribution in [0.1, 0.15) is 19.3 Å². The Bertz CT molecular complexity index is 501. The molecule has 0 atom stereocenters. The van der Waals surface area contributed by atoms with Crippen molar-refractivity contribution in [2.24, 2.45) is 11.1 Å². The van der Waals surface area contributed by atoms with Crippen LogP contribution in [0, 0.1) is 10.8 Å². The van der Waals surface area contributed by atoms with E-state index in [1.54, 1.807) is 33.5 Å². The van der Waals surface area contributed by atoms with Crippen molar-refractivity contribution < 1.29 is 18.9 Å². The first kappa shape index (κ1) is 15.3. The van der Waals surface area contributed by atoms with Crippen LogP contribution in [0.4, 0.5) is 0 Å². The second-order valence-electron chi connectivity index (χ2n) is 5.35. The van der Waals surface area contributed by atoms with Crippen LogP contribution >= 0.6 is 0 Å². The van der Waals surface area contributed by atoms with Gasteiger partial charge in [-0.1, -0.05) is 0 Å². The quantitative estimate of drug-likeness (QED) is 0.567. The Morgan fingerprint density at radius 3 is 2.10 bits per heavy atom. The van der Waals surface area contributed by atoms with Gasteiger partial charge >= 0.3 is 0 Å². The van der Waals surface area contributed by atoms with Crippen molar-refractivity contribution in [1.29, 1.82) is 5.41 Å². The molecule has 0 spiro atoms. The first-order valence-electron chi connectivity index (χ1n) is 6.79. The molecule has 1 saturated carbocycles. The lowest BCUT2D eigenvalue weighted by molar-refractivity contribution is 0.235. The minimum Gasteiger partial charge on any atom is -0.493 e. The molecule has 6 heteroatoms. The summed E-state index contributed by atoms with van der Waals surface area (Å²) in [7, 11) is 4.70. The highest BCUT2D eigenvalue weighted by Gasteiger charge is 2.44. The number of benzene rings is 1. The minimum atomic E-state index is 0.0201. The highest BCUT2D eigenvalue weighted by atomic mass is 16.5. The summed E-state index contributed by atoms with van der Waals surface area (Å²) in [5, 5.41) is 7.42. The molecule has 1 aliphatic rings.